The van der Waals surface area contributed by atoms with Gasteiger partial charge in [-0.2, -0.15) is 5.10 Å². The molecule has 2 aromatic rings. The van der Waals surface area contributed by atoms with E-state index in [-0.39, 0.29) is 11.3 Å². The van der Waals surface area contributed by atoms with Gasteiger partial charge in [0.25, 0.3) is 0 Å². The van der Waals surface area contributed by atoms with E-state index in [1.807, 2.05) is 50.2 Å². The van der Waals surface area contributed by atoms with Crippen LogP contribution in [-0.2, 0) is 16.6 Å². The smallest absolute Gasteiger partial charge is 0.244 e. The van der Waals surface area contributed by atoms with Gasteiger partial charge in [0.2, 0.25) is 5.91 Å². The number of carbonyl (C=O) groups is 1. The maximum Gasteiger partial charge on any atom is 0.244 e. The molecule has 0 saturated heterocycles. The molecular weight excluding hydrogens is 296 g/mol. The molecule has 0 atom stereocenters. The molecule has 24 heavy (non-hydrogen) atoms. The molecule has 0 unspecified atom stereocenters. The Balaban J connectivity index is 1.97. The average Bonchev–Trinajstić information content (AvgIpc) is 2.54. The van der Waals surface area contributed by atoms with Crippen molar-refractivity contribution in [3.8, 4) is 0 Å². The molecule has 3 heteroatoms. The lowest BCUT2D eigenvalue weighted by atomic mass is 9.86. The minimum absolute atomic E-state index is 0.107. The summed E-state index contributed by atoms with van der Waals surface area (Å²) in [6, 6.07) is 16.3. The Bertz CT molecular complexity index is 720. The van der Waals surface area contributed by atoms with Crippen LogP contribution < -0.4 is 5.43 Å². The fourth-order valence-electron chi connectivity index (χ4n) is 2.35. The summed E-state index contributed by atoms with van der Waals surface area (Å²) in [5.74, 6) is -0.107. The van der Waals surface area contributed by atoms with Crippen molar-refractivity contribution in [1.82, 2.24) is 5.43 Å². The van der Waals surface area contributed by atoms with Gasteiger partial charge in [0, 0.05) is 0 Å². The number of aryl methyl sites for hydroxylation is 1. The number of carbonyl (C=O) groups excluding carboxylic acids is 1. The first-order valence-electron chi connectivity index (χ1n) is 8.25. The van der Waals surface area contributed by atoms with Crippen molar-refractivity contribution in [2.75, 3.05) is 0 Å². The number of benzene rings is 2. The first kappa shape index (κ1) is 17.9. The van der Waals surface area contributed by atoms with Crippen LogP contribution in [0.1, 0.15) is 49.9 Å². The van der Waals surface area contributed by atoms with Crippen LogP contribution >= 0.6 is 0 Å². The Morgan fingerprint density at radius 1 is 1.00 bits per heavy atom. The normalized spacial score (nSPS) is 12.1. The largest absolute Gasteiger partial charge is 0.273 e. The molecule has 0 aliphatic heterocycles. The SMILES string of the molecule is C/C(=N/NC(=O)Cc1ccc(C)cc1)c1ccc(C(C)(C)C)cc1. The summed E-state index contributed by atoms with van der Waals surface area (Å²) in [5.41, 5.74) is 8.03. The summed E-state index contributed by atoms with van der Waals surface area (Å²) in [7, 11) is 0. The zero-order chi connectivity index (χ0) is 17.7. The number of nitrogens with zero attached hydrogens (tertiary/aromatic N) is 1. The molecule has 0 spiro atoms. The molecular formula is C21H26N2O. The van der Waals surface area contributed by atoms with Crippen molar-refractivity contribution in [2.24, 2.45) is 5.10 Å². The third-order valence-corrected chi connectivity index (χ3v) is 4.00. The maximum absolute atomic E-state index is 12.0. The Morgan fingerprint density at radius 3 is 2.12 bits per heavy atom. The summed E-state index contributed by atoms with van der Waals surface area (Å²) in [4.78, 5) is 12.0. The standard InChI is InChI=1S/C21H26N2O/c1-15-6-8-17(9-7-15)14-20(24)23-22-16(2)18-10-12-19(13-11-18)21(3,4)5/h6-13H,14H2,1-5H3,(H,23,24)/b22-16-. The molecule has 0 fully saturated rings. The maximum atomic E-state index is 12.0. The molecule has 0 aliphatic rings. The summed E-state index contributed by atoms with van der Waals surface area (Å²) in [6.45, 7) is 10.5. The van der Waals surface area contributed by atoms with E-state index in [0.717, 1.165) is 16.8 Å². The van der Waals surface area contributed by atoms with E-state index in [2.05, 4.69) is 43.4 Å². The highest BCUT2D eigenvalue weighted by Gasteiger charge is 2.13. The van der Waals surface area contributed by atoms with Gasteiger partial charge in [-0.25, -0.2) is 5.43 Å². The number of rotatable bonds is 4. The van der Waals surface area contributed by atoms with Gasteiger partial charge in [-0.05, 0) is 36.0 Å². The third kappa shape index (κ3) is 5.05. The number of hydrazone groups is 1. The number of amides is 1. The van der Waals surface area contributed by atoms with E-state index in [1.54, 1.807) is 0 Å². The highest BCUT2D eigenvalue weighted by Crippen LogP contribution is 2.22. The first-order valence-corrected chi connectivity index (χ1v) is 8.25. The lowest BCUT2D eigenvalue weighted by Crippen LogP contribution is -2.21. The van der Waals surface area contributed by atoms with E-state index >= 15 is 0 Å². The Hall–Kier alpha value is -2.42. The monoisotopic (exact) mass is 322 g/mol. The van der Waals surface area contributed by atoms with Gasteiger partial charge in [-0.15, -0.1) is 0 Å². The molecule has 0 saturated carbocycles. The predicted molar refractivity (Wildman–Crippen MR) is 100 cm³/mol. The van der Waals surface area contributed by atoms with Crippen LogP contribution in [0.2, 0.25) is 0 Å². The summed E-state index contributed by atoms with van der Waals surface area (Å²) in [5, 5.41) is 4.22. The average molecular weight is 322 g/mol. The lowest BCUT2D eigenvalue weighted by molar-refractivity contribution is -0.120. The van der Waals surface area contributed by atoms with E-state index < -0.39 is 0 Å². The predicted octanol–water partition coefficient (Wildman–Crippen LogP) is 4.38. The Kier molecular flexibility index (Phi) is 5.55. The van der Waals surface area contributed by atoms with E-state index in [4.69, 9.17) is 0 Å². The summed E-state index contributed by atoms with van der Waals surface area (Å²) in [6.07, 6.45) is 0.333. The molecule has 1 N–H and O–H groups in total. The van der Waals surface area contributed by atoms with Crippen LogP contribution in [0.15, 0.2) is 53.6 Å². The molecule has 0 aliphatic carbocycles. The van der Waals surface area contributed by atoms with Gasteiger partial charge >= 0.3 is 0 Å². The second-order valence-electron chi connectivity index (χ2n) is 7.22. The van der Waals surface area contributed by atoms with E-state index in [9.17, 15) is 4.79 Å². The third-order valence-electron chi connectivity index (χ3n) is 4.00. The second-order valence-corrected chi connectivity index (χ2v) is 7.22. The Labute approximate surface area is 144 Å². The fraction of sp³-hybridized carbons (Fsp3) is 0.333. The molecule has 2 aromatic carbocycles. The van der Waals surface area contributed by atoms with Crippen molar-refractivity contribution in [3.05, 3.63) is 70.8 Å². The minimum Gasteiger partial charge on any atom is -0.273 e. The van der Waals surface area contributed by atoms with Crippen LogP contribution in [0.25, 0.3) is 0 Å². The molecule has 0 radical (unpaired) electrons. The summed E-state index contributed by atoms with van der Waals surface area (Å²) >= 11 is 0. The van der Waals surface area contributed by atoms with E-state index in [1.165, 1.54) is 11.1 Å². The topological polar surface area (TPSA) is 41.5 Å². The van der Waals surface area contributed by atoms with Gasteiger partial charge in [0.15, 0.2) is 0 Å². The highest BCUT2D eigenvalue weighted by atomic mass is 16.2. The van der Waals surface area contributed by atoms with Crippen LogP contribution in [0, 0.1) is 6.92 Å². The van der Waals surface area contributed by atoms with Crippen molar-refractivity contribution in [1.29, 1.82) is 0 Å². The van der Waals surface area contributed by atoms with Crippen molar-refractivity contribution < 1.29 is 4.79 Å². The highest BCUT2D eigenvalue weighted by molar-refractivity contribution is 5.99. The molecule has 0 bridgehead atoms. The zero-order valence-electron chi connectivity index (χ0n) is 15.2. The minimum atomic E-state index is -0.107. The molecule has 0 aromatic heterocycles. The second kappa shape index (κ2) is 7.43. The van der Waals surface area contributed by atoms with Gasteiger partial charge in [0.1, 0.15) is 0 Å². The van der Waals surface area contributed by atoms with Gasteiger partial charge < -0.3 is 0 Å². The summed E-state index contributed by atoms with van der Waals surface area (Å²) < 4.78 is 0. The first-order chi connectivity index (χ1) is 11.3. The van der Waals surface area contributed by atoms with Crippen molar-refractivity contribution >= 4 is 11.6 Å². The Morgan fingerprint density at radius 2 is 1.58 bits per heavy atom. The van der Waals surface area contributed by atoms with Gasteiger partial charge in [0.05, 0.1) is 12.1 Å². The number of hydrogen-bond acceptors (Lipinski definition) is 2. The zero-order valence-corrected chi connectivity index (χ0v) is 15.2. The van der Waals surface area contributed by atoms with Gasteiger partial charge in [-0.3, -0.25) is 4.79 Å². The molecule has 0 heterocycles. The van der Waals surface area contributed by atoms with E-state index in [0.29, 0.717) is 6.42 Å². The molecule has 1 amide bonds. The van der Waals surface area contributed by atoms with Crippen molar-refractivity contribution in [3.63, 3.8) is 0 Å². The quantitative estimate of drug-likeness (QED) is 0.659. The number of nitrogens with one attached hydrogen (secondary N) is 1. The fourth-order valence-corrected chi connectivity index (χ4v) is 2.35. The van der Waals surface area contributed by atoms with Crippen LogP contribution in [0.3, 0.4) is 0 Å². The van der Waals surface area contributed by atoms with Crippen LogP contribution in [0.5, 0.6) is 0 Å². The molecule has 3 nitrogen and oxygen atoms in total. The molecule has 126 valence electrons. The number of hydrogen-bond donors (Lipinski definition) is 1. The van der Waals surface area contributed by atoms with Crippen molar-refractivity contribution in [2.45, 2.75) is 46.5 Å². The van der Waals surface area contributed by atoms with Gasteiger partial charge in [-0.1, -0.05) is 74.9 Å². The lowest BCUT2D eigenvalue weighted by Gasteiger charge is -2.19. The van der Waals surface area contributed by atoms with Crippen LogP contribution in [-0.4, -0.2) is 11.6 Å². The van der Waals surface area contributed by atoms with Crippen LogP contribution in [0.4, 0.5) is 0 Å². The molecule has 2 rings (SSSR count).